The monoisotopic (exact) mass is 339 g/mol. The van der Waals surface area contributed by atoms with Crippen molar-refractivity contribution in [2.45, 2.75) is 19.1 Å². The molecule has 25 heavy (non-hydrogen) atoms. The Balaban J connectivity index is 1.81. The van der Waals surface area contributed by atoms with Gasteiger partial charge in [0.15, 0.2) is 0 Å². The van der Waals surface area contributed by atoms with Crippen molar-refractivity contribution < 1.29 is 9.50 Å². The van der Waals surface area contributed by atoms with Gasteiger partial charge in [0.1, 0.15) is 11.6 Å². The fourth-order valence-electron chi connectivity index (χ4n) is 2.84. The molecule has 5 heteroatoms. The lowest BCUT2D eigenvalue weighted by atomic mass is 10.0. The van der Waals surface area contributed by atoms with Crippen molar-refractivity contribution in [3.63, 3.8) is 0 Å². The highest BCUT2D eigenvalue weighted by Crippen LogP contribution is 2.22. The van der Waals surface area contributed by atoms with Crippen molar-refractivity contribution in [3.05, 3.63) is 89.3 Å². The Morgan fingerprint density at radius 2 is 1.92 bits per heavy atom. The van der Waals surface area contributed by atoms with Crippen LogP contribution in [0.4, 0.5) is 4.39 Å². The molecule has 1 heterocycles. The van der Waals surface area contributed by atoms with Crippen molar-refractivity contribution >= 4 is 0 Å². The number of aliphatic hydroxyl groups is 1. The summed E-state index contributed by atoms with van der Waals surface area (Å²) in [5, 5.41) is 13.8. The first-order valence-corrected chi connectivity index (χ1v) is 8.25. The zero-order chi connectivity index (χ0) is 17.8. The van der Waals surface area contributed by atoms with Crippen LogP contribution in [0, 0.1) is 12.7 Å². The lowest BCUT2D eigenvalue weighted by Gasteiger charge is -2.21. The normalized spacial score (nSPS) is 13.6. The summed E-state index contributed by atoms with van der Waals surface area (Å²) in [5.41, 5.74) is 2.76. The van der Waals surface area contributed by atoms with Crippen molar-refractivity contribution in [1.29, 1.82) is 0 Å². The summed E-state index contributed by atoms with van der Waals surface area (Å²) in [6.45, 7) is 2.34. The van der Waals surface area contributed by atoms with Gasteiger partial charge in [-0.05, 0) is 30.2 Å². The summed E-state index contributed by atoms with van der Waals surface area (Å²) in [4.78, 5) is 4.38. The van der Waals surface area contributed by atoms with E-state index in [9.17, 15) is 9.50 Å². The number of hydrogen-bond acceptors (Lipinski definition) is 3. The van der Waals surface area contributed by atoms with E-state index in [0.29, 0.717) is 6.54 Å². The number of nitrogens with one attached hydrogen (secondary N) is 1. The molecule has 4 nitrogen and oxygen atoms in total. The molecule has 3 rings (SSSR count). The number of aryl methyl sites for hydroxylation is 2. The van der Waals surface area contributed by atoms with Crippen molar-refractivity contribution in [2.24, 2.45) is 7.05 Å². The van der Waals surface area contributed by atoms with Gasteiger partial charge < -0.3 is 15.0 Å². The molecule has 0 radical (unpaired) electrons. The van der Waals surface area contributed by atoms with Gasteiger partial charge in [0.25, 0.3) is 0 Å². The molecule has 0 saturated heterocycles. The zero-order valence-corrected chi connectivity index (χ0v) is 14.4. The highest BCUT2D eigenvalue weighted by atomic mass is 19.1. The van der Waals surface area contributed by atoms with E-state index in [0.717, 1.165) is 22.5 Å². The van der Waals surface area contributed by atoms with Crippen LogP contribution in [0.3, 0.4) is 0 Å². The molecule has 2 aromatic carbocycles. The van der Waals surface area contributed by atoms with Crippen LogP contribution >= 0.6 is 0 Å². The summed E-state index contributed by atoms with van der Waals surface area (Å²) < 4.78 is 15.6. The van der Waals surface area contributed by atoms with Crippen LogP contribution < -0.4 is 5.32 Å². The molecule has 0 bridgehead atoms. The summed E-state index contributed by atoms with van der Waals surface area (Å²) in [6.07, 6.45) is 2.90. The summed E-state index contributed by atoms with van der Waals surface area (Å²) in [7, 11) is 1.90. The predicted octanol–water partition coefficient (Wildman–Crippen LogP) is 3.28. The number of nitrogens with zero attached hydrogens (tertiary/aromatic N) is 2. The molecule has 0 aliphatic heterocycles. The average Bonchev–Trinajstić information content (AvgIpc) is 3.02. The van der Waals surface area contributed by atoms with Crippen LogP contribution in [0.15, 0.2) is 60.9 Å². The number of rotatable bonds is 6. The Morgan fingerprint density at radius 1 is 1.16 bits per heavy atom. The second-order valence-corrected chi connectivity index (χ2v) is 6.22. The third-order valence-corrected chi connectivity index (χ3v) is 4.28. The number of benzene rings is 2. The van der Waals surface area contributed by atoms with E-state index in [-0.39, 0.29) is 11.9 Å². The fraction of sp³-hybridized carbons (Fsp3) is 0.250. The number of aromatic nitrogens is 2. The number of aliphatic hydroxyl groups excluding tert-OH is 1. The quantitative estimate of drug-likeness (QED) is 0.725. The van der Waals surface area contributed by atoms with Crippen LogP contribution in [0.25, 0.3) is 0 Å². The third kappa shape index (κ3) is 4.13. The largest absolute Gasteiger partial charge is 0.387 e. The fourth-order valence-corrected chi connectivity index (χ4v) is 2.84. The molecule has 0 amide bonds. The molecule has 0 spiro atoms. The van der Waals surface area contributed by atoms with Crippen LogP contribution in [-0.4, -0.2) is 21.2 Å². The molecule has 1 aromatic heterocycles. The lowest BCUT2D eigenvalue weighted by Crippen LogP contribution is -2.29. The van der Waals surface area contributed by atoms with Gasteiger partial charge in [0.2, 0.25) is 0 Å². The standard InChI is InChI=1S/C20H22FN3O/c1-14-6-8-15(9-7-14)18(25)13-23-19(20-22-10-11-24(20)2)16-4-3-5-17(21)12-16/h3-12,18-19,23,25H,13H2,1-2H3. The van der Waals surface area contributed by atoms with E-state index in [1.165, 1.54) is 12.1 Å². The van der Waals surface area contributed by atoms with E-state index in [1.54, 1.807) is 12.3 Å². The SMILES string of the molecule is Cc1ccc(C(O)CNC(c2cccc(F)c2)c2nccn2C)cc1. The number of imidazole rings is 1. The van der Waals surface area contributed by atoms with Gasteiger partial charge in [-0.25, -0.2) is 9.37 Å². The Labute approximate surface area is 147 Å². The topological polar surface area (TPSA) is 50.1 Å². The van der Waals surface area contributed by atoms with E-state index in [2.05, 4.69) is 10.3 Å². The minimum atomic E-state index is -0.656. The minimum absolute atomic E-state index is 0.294. The maximum Gasteiger partial charge on any atom is 0.130 e. The van der Waals surface area contributed by atoms with E-state index >= 15 is 0 Å². The molecule has 2 unspecified atom stereocenters. The predicted molar refractivity (Wildman–Crippen MR) is 95.6 cm³/mol. The molecule has 0 fully saturated rings. The average molecular weight is 339 g/mol. The maximum atomic E-state index is 13.7. The van der Waals surface area contributed by atoms with Crippen molar-refractivity contribution in [2.75, 3.05) is 6.54 Å². The first kappa shape index (κ1) is 17.3. The first-order chi connectivity index (χ1) is 12.0. The van der Waals surface area contributed by atoms with Crippen molar-refractivity contribution in [3.8, 4) is 0 Å². The summed E-state index contributed by atoms with van der Waals surface area (Å²) in [6, 6.07) is 13.9. The van der Waals surface area contributed by atoms with Gasteiger partial charge in [0, 0.05) is 26.0 Å². The Hall–Kier alpha value is -2.50. The van der Waals surface area contributed by atoms with Crippen LogP contribution in [0.1, 0.15) is 34.7 Å². The number of hydrogen-bond donors (Lipinski definition) is 2. The minimum Gasteiger partial charge on any atom is -0.387 e. The maximum absolute atomic E-state index is 13.7. The highest BCUT2D eigenvalue weighted by Gasteiger charge is 2.20. The highest BCUT2D eigenvalue weighted by molar-refractivity contribution is 5.27. The van der Waals surface area contributed by atoms with E-state index < -0.39 is 6.10 Å². The van der Waals surface area contributed by atoms with E-state index in [4.69, 9.17) is 0 Å². The van der Waals surface area contributed by atoms with Gasteiger partial charge >= 0.3 is 0 Å². The van der Waals surface area contributed by atoms with Crippen LogP contribution in [0.2, 0.25) is 0 Å². The molecule has 3 aromatic rings. The first-order valence-electron chi connectivity index (χ1n) is 8.25. The van der Waals surface area contributed by atoms with Gasteiger partial charge in [-0.15, -0.1) is 0 Å². The summed E-state index contributed by atoms with van der Waals surface area (Å²) >= 11 is 0. The number of halogens is 1. The van der Waals surface area contributed by atoms with Crippen LogP contribution in [0.5, 0.6) is 0 Å². The Morgan fingerprint density at radius 3 is 2.56 bits per heavy atom. The van der Waals surface area contributed by atoms with E-state index in [1.807, 2.05) is 55.1 Å². The molecule has 0 saturated carbocycles. The second-order valence-electron chi connectivity index (χ2n) is 6.22. The smallest absolute Gasteiger partial charge is 0.130 e. The molecule has 130 valence electrons. The third-order valence-electron chi connectivity index (χ3n) is 4.28. The van der Waals surface area contributed by atoms with Gasteiger partial charge in [-0.3, -0.25) is 0 Å². The molecule has 2 N–H and O–H groups in total. The Bertz CT molecular complexity index is 829. The van der Waals surface area contributed by atoms with Crippen LogP contribution in [-0.2, 0) is 7.05 Å². The molecule has 2 atom stereocenters. The molecule has 0 aliphatic carbocycles. The second kappa shape index (κ2) is 7.59. The summed E-state index contributed by atoms with van der Waals surface area (Å²) in [5.74, 6) is 0.472. The zero-order valence-electron chi connectivity index (χ0n) is 14.4. The molecular weight excluding hydrogens is 317 g/mol. The van der Waals surface area contributed by atoms with Gasteiger partial charge in [-0.1, -0.05) is 42.0 Å². The molecular formula is C20H22FN3O. The van der Waals surface area contributed by atoms with Gasteiger partial charge in [-0.2, -0.15) is 0 Å². The lowest BCUT2D eigenvalue weighted by molar-refractivity contribution is 0.171. The Kier molecular flexibility index (Phi) is 5.26. The molecule has 0 aliphatic rings. The van der Waals surface area contributed by atoms with Gasteiger partial charge in [0.05, 0.1) is 12.1 Å². The van der Waals surface area contributed by atoms with Crippen molar-refractivity contribution in [1.82, 2.24) is 14.9 Å².